The molecule has 1 rings (SSSR count). The number of halogens is 3. The van der Waals surface area contributed by atoms with Crippen LogP contribution in [-0.4, -0.2) is 0 Å². The Morgan fingerprint density at radius 3 is 2.17 bits per heavy atom. The Bertz CT molecular complexity index is 237. The van der Waals surface area contributed by atoms with Crippen molar-refractivity contribution in [3.8, 4) is 0 Å². The molecule has 1 aromatic rings. The first kappa shape index (κ1) is 11.6. The molecule has 1 aromatic carbocycles. The van der Waals surface area contributed by atoms with E-state index in [1.54, 1.807) is 6.92 Å². The van der Waals surface area contributed by atoms with Gasteiger partial charge in [-0.3, -0.25) is 0 Å². The molecule has 0 aliphatic rings. The molecular weight excluding hydrogens is 160 g/mol. The van der Waals surface area contributed by atoms with E-state index < -0.39 is 11.7 Å². The van der Waals surface area contributed by atoms with Gasteiger partial charge in [-0.1, -0.05) is 12.5 Å². The maximum atomic E-state index is 11.9. The molecule has 0 aliphatic carbocycles. The van der Waals surface area contributed by atoms with Crippen molar-refractivity contribution >= 4 is 0 Å². The first-order chi connectivity index (χ1) is 5.00. The minimum absolute atomic E-state index is 0. The summed E-state index contributed by atoms with van der Waals surface area (Å²) in [4.78, 5) is 0. The van der Waals surface area contributed by atoms with Crippen LogP contribution in [0.3, 0.4) is 0 Å². The average Bonchev–Trinajstić information content (AvgIpc) is 1.86. The number of rotatable bonds is 0. The largest absolute Gasteiger partial charge is 1.00 e. The summed E-state index contributed by atoms with van der Waals surface area (Å²) in [5.41, 5.74) is 0.0566. The summed E-state index contributed by atoms with van der Waals surface area (Å²) in [5.74, 6) is 0. The molecule has 12 heavy (non-hydrogen) atoms. The van der Waals surface area contributed by atoms with Crippen LogP contribution in [0.2, 0.25) is 0 Å². The summed E-state index contributed by atoms with van der Waals surface area (Å²) < 4.78 is 35.7. The van der Waals surface area contributed by atoms with Crippen molar-refractivity contribution < 1.29 is 32.0 Å². The van der Waals surface area contributed by atoms with Crippen LogP contribution in [0, 0.1) is 13.0 Å². The predicted molar refractivity (Wildman–Crippen MR) is 35.0 cm³/mol. The van der Waals surface area contributed by atoms with Crippen LogP contribution in [0.25, 0.3) is 0 Å². The van der Waals surface area contributed by atoms with E-state index in [1.165, 1.54) is 12.1 Å². The predicted octanol–water partition coefficient (Wildman–Crippen LogP) is -0.182. The molecule has 0 nitrogen and oxygen atoms in total. The van der Waals surface area contributed by atoms with E-state index in [0.29, 0.717) is 0 Å². The van der Waals surface area contributed by atoms with Crippen molar-refractivity contribution in [2.45, 2.75) is 13.1 Å². The summed E-state index contributed by atoms with van der Waals surface area (Å²) >= 11 is 0. The minimum atomic E-state index is -4.27. The number of benzene rings is 1. The van der Waals surface area contributed by atoms with Gasteiger partial charge in [-0.15, -0.1) is 0 Å². The van der Waals surface area contributed by atoms with Crippen LogP contribution in [0.15, 0.2) is 18.2 Å². The Hall–Kier alpha value is -0.393. The zero-order chi connectivity index (χ0) is 8.48. The second-order valence-electron chi connectivity index (χ2n) is 2.28. The Morgan fingerprint density at radius 2 is 1.83 bits per heavy atom. The molecule has 0 amide bonds. The third kappa shape index (κ3) is 2.92. The Morgan fingerprint density at radius 1 is 1.25 bits per heavy atom. The number of hydrogen-bond acceptors (Lipinski definition) is 0. The van der Waals surface area contributed by atoms with Gasteiger partial charge in [0.2, 0.25) is 0 Å². The summed E-state index contributed by atoms with van der Waals surface area (Å²) in [6.07, 6.45) is -4.27. The summed E-state index contributed by atoms with van der Waals surface area (Å²) in [5, 5.41) is 0. The standard InChI is InChI=1S/C8H6F3.Li/c1-6-2-4-7(5-3-6)8(9,10)11;/h2-4H,1H3;/q-1;+1. The molecule has 0 bridgehead atoms. The van der Waals surface area contributed by atoms with Crippen LogP contribution in [0.1, 0.15) is 11.1 Å². The van der Waals surface area contributed by atoms with Crippen molar-refractivity contribution in [3.05, 3.63) is 35.4 Å². The Kier molecular flexibility index (Phi) is 3.89. The minimum Gasteiger partial charge on any atom is -0.173 e. The molecule has 0 unspecified atom stereocenters. The first-order valence-electron chi connectivity index (χ1n) is 3.05. The fourth-order valence-corrected chi connectivity index (χ4v) is 0.679. The fraction of sp³-hybridized carbons (Fsp3) is 0.250. The third-order valence-electron chi connectivity index (χ3n) is 1.27. The van der Waals surface area contributed by atoms with E-state index in [0.717, 1.165) is 11.6 Å². The van der Waals surface area contributed by atoms with Crippen LogP contribution < -0.4 is 18.9 Å². The molecule has 0 radical (unpaired) electrons. The summed E-state index contributed by atoms with van der Waals surface area (Å²) in [6.45, 7) is 1.72. The second kappa shape index (κ2) is 4.02. The maximum Gasteiger partial charge on any atom is 1.00 e. The molecule has 0 atom stereocenters. The SMILES string of the molecule is Cc1c[c-]c(C(F)(F)F)cc1.[Li+]. The molecule has 0 aliphatic heterocycles. The van der Waals surface area contributed by atoms with Crippen molar-refractivity contribution in [2.24, 2.45) is 0 Å². The normalized spacial score (nSPS) is 10.7. The van der Waals surface area contributed by atoms with Crippen molar-refractivity contribution in [1.82, 2.24) is 0 Å². The monoisotopic (exact) mass is 166 g/mol. The van der Waals surface area contributed by atoms with Gasteiger partial charge in [0, 0.05) is 0 Å². The van der Waals surface area contributed by atoms with E-state index in [-0.39, 0.29) is 18.9 Å². The van der Waals surface area contributed by atoms with Crippen LogP contribution in [0.4, 0.5) is 13.2 Å². The maximum absolute atomic E-state index is 11.9. The molecular formula is C8H6F3Li. The van der Waals surface area contributed by atoms with Gasteiger partial charge in [0.15, 0.2) is 0 Å². The molecule has 0 N–H and O–H groups in total. The topological polar surface area (TPSA) is 0 Å². The molecule has 0 spiro atoms. The van der Waals surface area contributed by atoms with E-state index in [9.17, 15) is 13.2 Å². The number of alkyl halides is 3. The van der Waals surface area contributed by atoms with E-state index in [2.05, 4.69) is 6.07 Å². The number of hydrogen-bond donors (Lipinski definition) is 0. The van der Waals surface area contributed by atoms with Gasteiger partial charge in [0.05, 0.1) is 0 Å². The number of aryl methyl sites for hydroxylation is 1. The molecule has 0 saturated carbocycles. The Balaban J connectivity index is 0.00000121. The van der Waals surface area contributed by atoms with Crippen molar-refractivity contribution in [1.29, 1.82) is 0 Å². The summed E-state index contributed by atoms with van der Waals surface area (Å²) in [6, 6.07) is 5.91. The Labute approximate surface area is 81.0 Å². The fourth-order valence-electron chi connectivity index (χ4n) is 0.679. The van der Waals surface area contributed by atoms with Gasteiger partial charge in [-0.05, 0) is 0 Å². The van der Waals surface area contributed by atoms with Crippen LogP contribution in [0.5, 0.6) is 0 Å². The zero-order valence-electron chi connectivity index (χ0n) is 6.87. The van der Waals surface area contributed by atoms with E-state index >= 15 is 0 Å². The quantitative estimate of drug-likeness (QED) is 0.370. The second-order valence-corrected chi connectivity index (χ2v) is 2.28. The average molecular weight is 166 g/mol. The van der Waals surface area contributed by atoms with E-state index in [4.69, 9.17) is 0 Å². The molecule has 0 aromatic heterocycles. The zero-order valence-corrected chi connectivity index (χ0v) is 6.87. The van der Waals surface area contributed by atoms with Gasteiger partial charge in [-0.2, -0.15) is 43.0 Å². The van der Waals surface area contributed by atoms with Crippen molar-refractivity contribution in [3.63, 3.8) is 0 Å². The smallest absolute Gasteiger partial charge is 0.173 e. The van der Waals surface area contributed by atoms with Gasteiger partial charge in [0.25, 0.3) is 0 Å². The molecule has 0 heterocycles. The van der Waals surface area contributed by atoms with E-state index in [1.807, 2.05) is 0 Å². The van der Waals surface area contributed by atoms with Gasteiger partial charge in [0.1, 0.15) is 0 Å². The van der Waals surface area contributed by atoms with Gasteiger partial charge in [-0.25, -0.2) is 0 Å². The molecule has 60 valence electrons. The summed E-state index contributed by atoms with van der Waals surface area (Å²) in [7, 11) is 0. The van der Waals surface area contributed by atoms with Crippen LogP contribution >= 0.6 is 0 Å². The third-order valence-corrected chi connectivity index (χ3v) is 1.27. The van der Waals surface area contributed by atoms with Gasteiger partial charge >= 0.3 is 25.0 Å². The van der Waals surface area contributed by atoms with Crippen molar-refractivity contribution in [2.75, 3.05) is 0 Å². The molecule has 0 saturated heterocycles. The molecule has 4 heteroatoms. The first-order valence-corrected chi connectivity index (χ1v) is 3.05. The van der Waals surface area contributed by atoms with Crippen LogP contribution in [-0.2, 0) is 6.18 Å². The molecule has 0 fully saturated rings. The van der Waals surface area contributed by atoms with Gasteiger partial charge < -0.3 is 0 Å².